The zero-order chi connectivity index (χ0) is 18.8. The highest BCUT2D eigenvalue weighted by atomic mass is 32.2. The lowest BCUT2D eigenvalue weighted by atomic mass is 10.1. The van der Waals surface area contributed by atoms with E-state index in [1.807, 2.05) is 41.8 Å². The van der Waals surface area contributed by atoms with E-state index in [-0.39, 0.29) is 11.5 Å². The first-order valence-electron chi connectivity index (χ1n) is 8.50. The van der Waals surface area contributed by atoms with E-state index in [2.05, 4.69) is 21.8 Å². The third-order valence-corrected chi connectivity index (χ3v) is 5.24. The molecule has 0 radical (unpaired) electrons. The van der Waals surface area contributed by atoms with Crippen LogP contribution in [0.4, 0.5) is 0 Å². The summed E-state index contributed by atoms with van der Waals surface area (Å²) in [5, 5.41) is 10.1. The molecule has 0 bridgehead atoms. The molecule has 0 aliphatic carbocycles. The molecule has 7 heteroatoms. The summed E-state index contributed by atoms with van der Waals surface area (Å²) in [4.78, 5) is 16.2. The number of fused-ring (bicyclic) bond motifs is 1. The number of allylic oxidation sites excluding steroid dienone is 1. The average Bonchev–Trinajstić information content (AvgIpc) is 3.38. The maximum absolute atomic E-state index is 12.9. The largest absolute Gasteiger partial charge is 0.461 e. The van der Waals surface area contributed by atoms with Crippen molar-refractivity contribution in [2.75, 3.05) is 5.75 Å². The standard InChI is InChI=1S/C20H18N4O2S/c1-3-10-24-19(17-9-6-11-26-17)22-23-20(24)27-12-16(25)18-13(2)21-15-8-5-4-7-14(15)18/h3-9,11,21H,1,10,12H2,2H3. The van der Waals surface area contributed by atoms with Crippen molar-refractivity contribution in [1.29, 1.82) is 0 Å². The Labute approximate surface area is 160 Å². The summed E-state index contributed by atoms with van der Waals surface area (Å²) in [6, 6.07) is 11.5. The van der Waals surface area contributed by atoms with Gasteiger partial charge in [-0.2, -0.15) is 0 Å². The molecular formula is C20H18N4O2S. The van der Waals surface area contributed by atoms with E-state index in [1.54, 1.807) is 18.4 Å². The number of aromatic nitrogens is 4. The summed E-state index contributed by atoms with van der Waals surface area (Å²) in [7, 11) is 0. The van der Waals surface area contributed by atoms with Gasteiger partial charge in [-0.05, 0) is 25.1 Å². The van der Waals surface area contributed by atoms with Crippen molar-refractivity contribution in [2.45, 2.75) is 18.6 Å². The second-order valence-electron chi connectivity index (χ2n) is 6.07. The zero-order valence-electron chi connectivity index (χ0n) is 14.8. The van der Waals surface area contributed by atoms with Gasteiger partial charge in [0.25, 0.3) is 0 Å². The van der Waals surface area contributed by atoms with Gasteiger partial charge in [0.15, 0.2) is 16.7 Å². The number of benzene rings is 1. The van der Waals surface area contributed by atoms with Gasteiger partial charge in [0.2, 0.25) is 5.82 Å². The van der Waals surface area contributed by atoms with E-state index >= 15 is 0 Å². The van der Waals surface area contributed by atoms with Crippen LogP contribution in [-0.2, 0) is 6.54 Å². The Balaban J connectivity index is 1.59. The minimum atomic E-state index is 0.0580. The van der Waals surface area contributed by atoms with Crippen LogP contribution in [0.1, 0.15) is 16.1 Å². The van der Waals surface area contributed by atoms with E-state index in [4.69, 9.17) is 4.42 Å². The van der Waals surface area contributed by atoms with Crippen LogP contribution in [0.3, 0.4) is 0 Å². The fraction of sp³-hybridized carbons (Fsp3) is 0.150. The van der Waals surface area contributed by atoms with Crippen LogP contribution in [0.25, 0.3) is 22.5 Å². The van der Waals surface area contributed by atoms with Crippen LogP contribution in [-0.4, -0.2) is 31.3 Å². The van der Waals surface area contributed by atoms with E-state index in [1.165, 1.54) is 11.8 Å². The Bertz CT molecular complexity index is 1110. The number of carbonyl (C=O) groups is 1. The first kappa shape index (κ1) is 17.4. The lowest BCUT2D eigenvalue weighted by molar-refractivity contribution is 0.102. The van der Waals surface area contributed by atoms with E-state index in [9.17, 15) is 4.79 Å². The number of nitrogens with zero attached hydrogens (tertiary/aromatic N) is 3. The number of ketones is 1. The SMILES string of the molecule is C=CCn1c(SCC(=O)c2c(C)[nH]c3ccccc23)nnc1-c1ccco1. The highest BCUT2D eigenvalue weighted by Gasteiger charge is 2.19. The van der Waals surface area contributed by atoms with Crippen LogP contribution < -0.4 is 0 Å². The molecule has 136 valence electrons. The number of para-hydroxylation sites is 1. The minimum Gasteiger partial charge on any atom is -0.461 e. The molecule has 0 saturated heterocycles. The number of thioether (sulfide) groups is 1. The van der Waals surface area contributed by atoms with Gasteiger partial charge in [0, 0.05) is 28.7 Å². The quantitative estimate of drug-likeness (QED) is 0.291. The number of Topliss-reactive ketones (excluding diaryl/α,β-unsaturated/α-hetero) is 1. The summed E-state index contributed by atoms with van der Waals surface area (Å²) in [5.41, 5.74) is 2.59. The molecule has 27 heavy (non-hydrogen) atoms. The van der Waals surface area contributed by atoms with Crippen LogP contribution in [0, 0.1) is 6.92 Å². The normalized spacial score (nSPS) is 11.1. The Morgan fingerprint density at radius 2 is 2.15 bits per heavy atom. The lowest BCUT2D eigenvalue weighted by Gasteiger charge is -2.06. The van der Waals surface area contributed by atoms with Crippen molar-refractivity contribution in [3.8, 4) is 11.6 Å². The monoisotopic (exact) mass is 378 g/mol. The number of aromatic amines is 1. The minimum absolute atomic E-state index is 0.0580. The lowest BCUT2D eigenvalue weighted by Crippen LogP contribution is -2.06. The second kappa shape index (κ2) is 7.28. The number of carbonyl (C=O) groups excluding carboxylic acids is 1. The molecule has 0 spiro atoms. The molecule has 0 atom stereocenters. The predicted molar refractivity (Wildman–Crippen MR) is 106 cm³/mol. The molecule has 0 saturated carbocycles. The van der Waals surface area contributed by atoms with Crippen LogP contribution in [0.2, 0.25) is 0 Å². The van der Waals surface area contributed by atoms with Crippen molar-refractivity contribution in [2.24, 2.45) is 0 Å². The average molecular weight is 378 g/mol. The molecular weight excluding hydrogens is 360 g/mol. The van der Waals surface area contributed by atoms with Crippen LogP contribution >= 0.6 is 11.8 Å². The molecule has 0 aliphatic rings. The van der Waals surface area contributed by atoms with Crippen molar-refractivity contribution in [3.05, 3.63) is 66.6 Å². The summed E-state index contributed by atoms with van der Waals surface area (Å²) in [5.74, 6) is 1.59. The number of furan rings is 1. The van der Waals surface area contributed by atoms with Gasteiger partial charge in [0.1, 0.15) is 0 Å². The molecule has 6 nitrogen and oxygen atoms in total. The molecule has 0 amide bonds. The van der Waals surface area contributed by atoms with E-state index in [0.717, 1.165) is 22.2 Å². The van der Waals surface area contributed by atoms with Gasteiger partial charge in [-0.15, -0.1) is 16.8 Å². The van der Waals surface area contributed by atoms with Gasteiger partial charge in [-0.25, -0.2) is 0 Å². The summed E-state index contributed by atoms with van der Waals surface area (Å²) >= 11 is 1.37. The van der Waals surface area contributed by atoms with Crippen molar-refractivity contribution >= 4 is 28.4 Å². The predicted octanol–water partition coefficient (Wildman–Crippen LogP) is 4.49. The Hall–Kier alpha value is -3.06. The molecule has 0 unspecified atom stereocenters. The number of hydrogen-bond donors (Lipinski definition) is 1. The van der Waals surface area contributed by atoms with E-state index < -0.39 is 0 Å². The van der Waals surface area contributed by atoms with Crippen molar-refractivity contribution in [3.63, 3.8) is 0 Å². The number of hydrogen-bond acceptors (Lipinski definition) is 5. The first-order valence-corrected chi connectivity index (χ1v) is 9.49. The number of H-pyrrole nitrogens is 1. The molecule has 1 N–H and O–H groups in total. The van der Waals surface area contributed by atoms with Gasteiger partial charge in [0.05, 0.1) is 12.0 Å². The number of aryl methyl sites for hydroxylation is 1. The van der Waals surface area contributed by atoms with Gasteiger partial charge in [-0.3, -0.25) is 9.36 Å². The summed E-state index contributed by atoms with van der Waals surface area (Å²) < 4.78 is 7.33. The number of nitrogens with one attached hydrogen (secondary N) is 1. The fourth-order valence-corrected chi connectivity index (χ4v) is 3.94. The van der Waals surface area contributed by atoms with Gasteiger partial charge in [-0.1, -0.05) is 36.0 Å². The fourth-order valence-electron chi connectivity index (χ4n) is 3.12. The van der Waals surface area contributed by atoms with Crippen LogP contribution in [0.15, 0.2) is 64.9 Å². The third-order valence-electron chi connectivity index (χ3n) is 4.27. The molecule has 0 fully saturated rings. The maximum Gasteiger partial charge on any atom is 0.200 e. The molecule has 0 aliphatic heterocycles. The van der Waals surface area contributed by atoms with Gasteiger partial charge >= 0.3 is 0 Å². The highest BCUT2D eigenvalue weighted by molar-refractivity contribution is 7.99. The Kier molecular flexibility index (Phi) is 4.68. The summed E-state index contributed by atoms with van der Waals surface area (Å²) in [6.45, 7) is 6.25. The highest BCUT2D eigenvalue weighted by Crippen LogP contribution is 2.27. The smallest absolute Gasteiger partial charge is 0.200 e. The molecule has 4 rings (SSSR count). The Morgan fingerprint density at radius 1 is 1.30 bits per heavy atom. The Morgan fingerprint density at radius 3 is 2.93 bits per heavy atom. The molecule has 3 heterocycles. The van der Waals surface area contributed by atoms with E-state index in [0.29, 0.717) is 23.3 Å². The molecule has 3 aromatic heterocycles. The topological polar surface area (TPSA) is 76.7 Å². The first-order chi connectivity index (χ1) is 13.2. The second-order valence-corrected chi connectivity index (χ2v) is 7.01. The van der Waals surface area contributed by atoms with Gasteiger partial charge < -0.3 is 9.40 Å². The zero-order valence-corrected chi connectivity index (χ0v) is 15.6. The summed E-state index contributed by atoms with van der Waals surface area (Å²) in [6.07, 6.45) is 3.36. The maximum atomic E-state index is 12.9. The van der Waals surface area contributed by atoms with Crippen molar-refractivity contribution in [1.82, 2.24) is 19.7 Å². The molecule has 1 aromatic carbocycles. The third kappa shape index (κ3) is 3.21. The molecule has 4 aromatic rings. The number of rotatable bonds is 7. The van der Waals surface area contributed by atoms with Crippen LogP contribution in [0.5, 0.6) is 0 Å². The van der Waals surface area contributed by atoms with Crippen molar-refractivity contribution < 1.29 is 9.21 Å².